The SMILES string of the molecule is Cl.NC[C@H]1CCC[C@H]1C(=O)NCc1nncn1-c1ccccc1. The molecule has 124 valence electrons. The Bertz CT molecular complexity index is 630. The molecule has 1 fully saturated rings. The summed E-state index contributed by atoms with van der Waals surface area (Å²) in [4.78, 5) is 12.3. The molecule has 0 spiro atoms. The second-order valence-corrected chi connectivity index (χ2v) is 5.70. The van der Waals surface area contributed by atoms with E-state index in [9.17, 15) is 4.79 Å². The van der Waals surface area contributed by atoms with Gasteiger partial charge in [-0.25, -0.2) is 0 Å². The number of rotatable bonds is 5. The Labute approximate surface area is 141 Å². The van der Waals surface area contributed by atoms with Gasteiger partial charge in [0.15, 0.2) is 5.82 Å². The predicted octanol–water partition coefficient (Wildman–Crippen LogP) is 1.68. The first-order chi connectivity index (χ1) is 10.8. The van der Waals surface area contributed by atoms with Crippen molar-refractivity contribution < 1.29 is 4.79 Å². The van der Waals surface area contributed by atoms with Crippen molar-refractivity contribution >= 4 is 18.3 Å². The first-order valence-electron chi connectivity index (χ1n) is 7.71. The van der Waals surface area contributed by atoms with E-state index < -0.39 is 0 Å². The number of nitrogens with one attached hydrogen (secondary N) is 1. The van der Waals surface area contributed by atoms with Gasteiger partial charge in [-0.1, -0.05) is 24.6 Å². The predicted molar refractivity (Wildman–Crippen MR) is 90.3 cm³/mol. The van der Waals surface area contributed by atoms with Crippen molar-refractivity contribution in [2.75, 3.05) is 6.54 Å². The quantitative estimate of drug-likeness (QED) is 0.870. The van der Waals surface area contributed by atoms with Gasteiger partial charge in [0.2, 0.25) is 5.91 Å². The topological polar surface area (TPSA) is 85.8 Å². The molecule has 0 aliphatic heterocycles. The second kappa shape index (κ2) is 8.08. The van der Waals surface area contributed by atoms with Gasteiger partial charge in [0.05, 0.1) is 6.54 Å². The van der Waals surface area contributed by atoms with Crippen LogP contribution >= 0.6 is 12.4 Å². The number of nitrogens with two attached hydrogens (primary N) is 1. The van der Waals surface area contributed by atoms with Crippen molar-refractivity contribution in [3.8, 4) is 5.69 Å². The molecule has 1 amide bonds. The second-order valence-electron chi connectivity index (χ2n) is 5.70. The lowest BCUT2D eigenvalue weighted by atomic mass is 9.95. The molecule has 6 nitrogen and oxygen atoms in total. The van der Waals surface area contributed by atoms with Crippen molar-refractivity contribution in [2.45, 2.75) is 25.8 Å². The summed E-state index contributed by atoms with van der Waals surface area (Å²) in [5.41, 5.74) is 6.73. The number of carbonyl (C=O) groups is 1. The van der Waals surface area contributed by atoms with E-state index >= 15 is 0 Å². The van der Waals surface area contributed by atoms with Crippen molar-refractivity contribution in [2.24, 2.45) is 17.6 Å². The zero-order valence-electron chi connectivity index (χ0n) is 12.9. The average molecular weight is 336 g/mol. The third-order valence-corrected chi connectivity index (χ3v) is 4.37. The van der Waals surface area contributed by atoms with Crippen LogP contribution in [0.15, 0.2) is 36.7 Å². The number of halogens is 1. The lowest BCUT2D eigenvalue weighted by molar-refractivity contribution is -0.126. The van der Waals surface area contributed by atoms with Gasteiger partial charge in [-0.05, 0) is 37.4 Å². The summed E-state index contributed by atoms with van der Waals surface area (Å²) in [6.07, 6.45) is 4.73. The van der Waals surface area contributed by atoms with Crippen LogP contribution in [0.2, 0.25) is 0 Å². The highest BCUT2D eigenvalue weighted by Crippen LogP contribution is 2.30. The summed E-state index contributed by atoms with van der Waals surface area (Å²) in [7, 11) is 0. The minimum absolute atomic E-state index is 0. The van der Waals surface area contributed by atoms with Crippen LogP contribution in [-0.2, 0) is 11.3 Å². The van der Waals surface area contributed by atoms with Crippen LogP contribution in [0, 0.1) is 11.8 Å². The summed E-state index contributed by atoms with van der Waals surface area (Å²) >= 11 is 0. The van der Waals surface area contributed by atoms with Crippen LogP contribution in [0.3, 0.4) is 0 Å². The molecule has 23 heavy (non-hydrogen) atoms. The van der Waals surface area contributed by atoms with Crippen LogP contribution in [0.5, 0.6) is 0 Å². The van der Waals surface area contributed by atoms with Crippen molar-refractivity contribution in [1.82, 2.24) is 20.1 Å². The molecule has 1 aliphatic rings. The monoisotopic (exact) mass is 335 g/mol. The van der Waals surface area contributed by atoms with Gasteiger partial charge in [-0.15, -0.1) is 22.6 Å². The maximum Gasteiger partial charge on any atom is 0.223 e. The number of benzene rings is 1. The molecule has 0 saturated heterocycles. The van der Waals surface area contributed by atoms with Gasteiger partial charge in [0.25, 0.3) is 0 Å². The molecule has 2 aromatic rings. The molecule has 0 bridgehead atoms. The number of aromatic nitrogens is 3. The lowest BCUT2D eigenvalue weighted by Crippen LogP contribution is -2.35. The van der Waals surface area contributed by atoms with E-state index in [2.05, 4.69) is 15.5 Å². The normalized spacial score (nSPS) is 20.0. The largest absolute Gasteiger partial charge is 0.349 e. The molecule has 0 unspecified atom stereocenters. The van der Waals surface area contributed by atoms with E-state index in [4.69, 9.17) is 5.73 Å². The van der Waals surface area contributed by atoms with E-state index in [0.717, 1.165) is 30.8 Å². The van der Waals surface area contributed by atoms with Gasteiger partial charge in [-0.2, -0.15) is 0 Å². The van der Waals surface area contributed by atoms with Gasteiger partial charge in [-0.3, -0.25) is 9.36 Å². The van der Waals surface area contributed by atoms with E-state index in [0.29, 0.717) is 19.0 Å². The Morgan fingerprint density at radius 1 is 1.30 bits per heavy atom. The fraction of sp³-hybridized carbons (Fsp3) is 0.438. The van der Waals surface area contributed by atoms with E-state index in [1.165, 1.54) is 0 Å². The first kappa shape index (κ1) is 17.4. The van der Waals surface area contributed by atoms with Gasteiger partial charge >= 0.3 is 0 Å². The van der Waals surface area contributed by atoms with Gasteiger partial charge < -0.3 is 11.1 Å². The van der Waals surface area contributed by atoms with Crippen LogP contribution < -0.4 is 11.1 Å². The third-order valence-electron chi connectivity index (χ3n) is 4.37. The maximum absolute atomic E-state index is 12.3. The van der Waals surface area contributed by atoms with E-state index in [-0.39, 0.29) is 24.2 Å². The summed E-state index contributed by atoms with van der Waals surface area (Å²) < 4.78 is 1.88. The molecule has 3 rings (SSSR count). The van der Waals surface area contributed by atoms with Crippen molar-refractivity contribution in [3.05, 3.63) is 42.5 Å². The first-order valence-corrected chi connectivity index (χ1v) is 7.71. The molecular formula is C16H22ClN5O. The Balaban J connectivity index is 0.00000192. The average Bonchev–Trinajstić information content (AvgIpc) is 3.22. The van der Waals surface area contributed by atoms with E-state index in [1.807, 2.05) is 34.9 Å². The van der Waals surface area contributed by atoms with Crippen molar-refractivity contribution in [3.63, 3.8) is 0 Å². The van der Waals surface area contributed by atoms with E-state index in [1.54, 1.807) is 6.33 Å². The minimum atomic E-state index is 0. The van der Waals surface area contributed by atoms with Crippen LogP contribution in [0.4, 0.5) is 0 Å². The summed E-state index contributed by atoms with van der Waals surface area (Å²) in [6.45, 7) is 0.958. The number of nitrogens with zero attached hydrogens (tertiary/aromatic N) is 3. The fourth-order valence-electron chi connectivity index (χ4n) is 3.15. The van der Waals surface area contributed by atoms with Crippen LogP contribution in [0.25, 0.3) is 5.69 Å². The molecule has 1 saturated carbocycles. The molecule has 1 heterocycles. The number of hydrogen-bond acceptors (Lipinski definition) is 4. The fourth-order valence-corrected chi connectivity index (χ4v) is 3.15. The molecule has 7 heteroatoms. The highest BCUT2D eigenvalue weighted by molar-refractivity contribution is 5.85. The van der Waals surface area contributed by atoms with Crippen molar-refractivity contribution in [1.29, 1.82) is 0 Å². The summed E-state index contributed by atoms with van der Waals surface area (Å²) in [6, 6.07) is 9.85. The number of para-hydroxylation sites is 1. The molecule has 2 atom stereocenters. The maximum atomic E-state index is 12.3. The molecule has 0 radical (unpaired) electrons. The zero-order valence-corrected chi connectivity index (χ0v) is 13.7. The number of carbonyl (C=O) groups excluding carboxylic acids is 1. The van der Waals surface area contributed by atoms with Crippen LogP contribution in [-0.4, -0.2) is 27.2 Å². The molecular weight excluding hydrogens is 314 g/mol. The zero-order chi connectivity index (χ0) is 15.4. The summed E-state index contributed by atoms with van der Waals surface area (Å²) in [5, 5.41) is 11.0. The Morgan fingerprint density at radius 2 is 2.09 bits per heavy atom. The highest BCUT2D eigenvalue weighted by Gasteiger charge is 2.31. The summed E-state index contributed by atoms with van der Waals surface area (Å²) in [5.74, 6) is 1.16. The molecule has 1 aromatic heterocycles. The Kier molecular flexibility index (Phi) is 6.12. The van der Waals surface area contributed by atoms with Gasteiger partial charge in [0, 0.05) is 11.6 Å². The number of hydrogen-bond donors (Lipinski definition) is 2. The molecule has 1 aliphatic carbocycles. The Morgan fingerprint density at radius 3 is 2.83 bits per heavy atom. The smallest absolute Gasteiger partial charge is 0.223 e. The van der Waals surface area contributed by atoms with Crippen LogP contribution in [0.1, 0.15) is 25.1 Å². The standard InChI is InChI=1S/C16H21N5O.ClH/c17-9-12-5-4-8-14(12)16(22)18-10-15-20-19-11-21(15)13-6-2-1-3-7-13;/h1-3,6-7,11-12,14H,4-5,8-10,17H2,(H,18,22);1H/t12-,14-;/m1./s1. The Hall–Kier alpha value is -1.92. The molecule has 3 N–H and O–H groups in total. The third kappa shape index (κ3) is 3.89. The highest BCUT2D eigenvalue weighted by atomic mass is 35.5. The molecule has 1 aromatic carbocycles. The van der Waals surface area contributed by atoms with Gasteiger partial charge in [0.1, 0.15) is 6.33 Å². The number of amides is 1. The minimum Gasteiger partial charge on any atom is -0.349 e. The lowest BCUT2D eigenvalue weighted by Gasteiger charge is -2.17.